The number of nitrogens with zero attached hydrogens (tertiary/aromatic N) is 2. The Bertz CT molecular complexity index is 1490. The summed E-state index contributed by atoms with van der Waals surface area (Å²) in [4.78, 5) is 12.7. The first-order valence-electron chi connectivity index (χ1n) is 12.4. The van der Waals surface area contributed by atoms with E-state index in [1.807, 2.05) is 109 Å². The summed E-state index contributed by atoms with van der Waals surface area (Å²) in [6.45, 7) is 1.23. The molecule has 4 aromatic carbocycles. The van der Waals surface area contributed by atoms with Gasteiger partial charge in [-0.1, -0.05) is 109 Å². The fourth-order valence-electron chi connectivity index (χ4n) is 4.67. The molecule has 0 aliphatic heterocycles. The number of aliphatic carboxylic acids is 1. The summed E-state index contributed by atoms with van der Waals surface area (Å²) in [5, 5.41) is 16.0. The molecule has 5 heteroatoms. The highest BCUT2D eigenvalue weighted by Gasteiger charge is 2.27. The van der Waals surface area contributed by atoms with E-state index in [9.17, 15) is 9.90 Å². The van der Waals surface area contributed by atoms with Gasteiger partial charge < -0.3 is 15.1 Å². The molecule has 1 atom stereocenters. The van der Waals surface area contributed by atoms with E-state index in [0.29, 0.717) is 18.8 Å². The normalized spacial score (nSPS) is 12.4. The van der Waals surface area contributed by atoms with E-state index in [-0.39, 0.29) is 6.42 Å². The van der Waals surface area contributed by atoms with Crippen molar-refractivity contribution in [3.05, 3.63) is 144 Å². The molecule has 0 spiro atoms. The third-order valence-electron chi connectivity index (χ3n) is 6.53. The minimum absolute atomic E-state index is 0.264. The van der Waals surface area contributed by atoms with Gasteiger partial charge in [-0.05, 0) is 28.3 Å². The van der Waals surface area contributed by atoms with E-state index in [1.54, 1.807) is 0 Å². The second-order valence-electron chi connectivity index (χ2n) is 9.06. The zero-order valence-corrected chi connectivity index (χ0v) is 20.5. The van der Waals surface area contributed by atoms with Gasteiger partial charge in [0.1, 0.15) is 0 Å². The van der Waals surface area contributed by atoms with Crippen molar-refractivity contribution < 1.29 is 9.90 Å². The maximum absolute atomic E-state index is 12.7. The maximum Gasteiger partial charge on any atom is 0.311 e. The fraction of sp³-hybridized carbons (Fsp3) is 0.125. The molecule has 1 unspecified atom stereocenters. The van der Waals surface area contributed by atoms with Crippen molar-refractivity contribution >= 4 is 22.6 Å². The Morgan fingerprint density at radius 1 is 0.784 bits per heavy atom. The zero-order valence-electron chi connectivity index (χ0n) is 20.5. The number of benzene rings is 4. The lowest BCUT2D eigenvalue weighted by atomic mass is 9.91. The van der Waals surface area contributed by atoms with Crippen LogP contribution in [-0.4, -0.2) is 21.4 Å². The van der Waals surface area contributed by atoms with E-state index in [0.717, 1.165) is 27.6 Å². The Morgan fingerprint density at radius 3 is 2.05 bits per heavy atom. The number of nitrogens with one attached hydrogen (secondary N) is 1. The largest absolute Gasteiger partial charge is 0.481 e. The molecule has 0 saturated carbocycles. The molecule has 5 rings (SSSR count). The number of aromatic nitrogens is 1. The zero-order chi connectivity index (χ0) is 25.5. The van der Waals surface area contributed by atoms with Crippen LogP contribution in [0.3, 0.4) is 0 Å². The monoisotopic (exact) mass is 487 g/mol. The predicted octanol–water partition coefficient (Wildman–Crippen LogP) is 6.44. The van der Waals surface area contributed by atoms with Gasteiger partial charge >= 0.3 is 5.97 Å². The number of carboxylic acid groups (broad SMARTS) is 1. The van der Waals surface area contributed by atoms with Crippen molar-refractivity contribution in [3.8, 4) is 0 Å². The Balaban J connectivity index is 1.49. The molecular formula is C32H29N3O2. The number of carbonyl (C=O) groups is 1. The van der Waals surface area contributed by atoms with Crippen molar-refractivity contribution in [1.82, 2.24) is 9.99 Å². The lowest BCUT2D eigenvalue weighted by Gasteiger charge is -2.15. The van der Waals surface area contributed by atoms with Gasteiger partial charge in [0.2, 0.25) is 0 Å². The summed E-state index contributed by atoms with van der Waals surface area (Å²) in [5.74, 6) is -1.62. The molecule has 37 heavy (non-hydrogen) atoms. The quantitative estimate of drug-likeness (QED) is 0.176. The summed E-state index contributed by atoms with van der Waals surface area (Å²) >= 11 is 0. The molecule has 0 saturated heterocycles. The first-order valence-corrected chi connectivity index (χ1v) is 12.4. The van der Waals surface area contributed by atoms with Crippen LogP contribution in [-0.2, 0) is 17.9 Å². The molecule has 0 amide bonds. The first kappa shape index (κ1) is 24.1. The maximum atomic E-state index is 12.7. The average molecular weight is 488 g/mol. The van der Waals surface area contributed by atoms with Crippen LogP contribution in [0.5, 0.6) is 0 Å². The third kappa shape index (κ3) is 5.78. The van der Waals surface area contributed by atoms with Crippen molar-refractivity contribution in [2.24, 2.45) is 5.10 Å². The van der Waals surface area contributed by atoms with Gasteiger partial charge in [-0.25, -0.2) is 0 Å². The van der Waals surface area contributed by atoms with Crippen molar-refractivity contribution in [3.63, 3.8) is 0 Å². The first-order chi connectivity index (χ1) is 18.2. The number of hydrazone groups is 1. The number of carboxylic acids is 1. The molecule has 0 bridgehead atoms. The summed E-state index contributed by atoms with van der Waals surface area (Å²) in [6.07, 6.45) is 2.26. The highest BCUT2D eigenvalue weighted by atomic mass is 16.4. The van der Waals surface area contributed by atoms with Crippen LogP contribution in [0.4, 0.5) is 0 Å². The molecule has 5 aromatic rings. The Hall–Kier alpha value is -4.64. The minimum atomic E-state index is -0.866. The van der Waals surface area contributed by atoms with Gasteiger partial charge in [0.15, 0.2) is 0 Å². The van der Waals surface area contributed by atoms with E-state index >= 15 is 0 Å². The Morgan fingerprint density at radius 2 is 1.38 bits per heavy atom. The van der Waals surface area contributed by atoms with Gasteiger partial charge in [-0.15, -0.1) is 0 Å². The summed E-state index contributed by atoms with van der Waals surface area (Å²) in [7, 11) is 0. The number of hydrogen-bond donors (Lipinski definition) is 2. The number of rotatable bonds is 10. The van der Waals surface area contributed by atoms with Crippen molar-refractivity contribution in [2.45, 2.75) is 25.4 Å². The van der Waals surface area contributed by atoms with Crippen LogP contribution in [0.1, 0.15) is 34.6 Å². The molecule has 0 fully saturated rings. The topological polar surface area (TPSA) is 66.6 Å². The fourth-order valence-corrected chi connectivity index (χ4v) is 4.67. The highest BCUT2D eigenvalue weighted by molar-refractivity contribution is 6.03. The lowest BCUT2D eigenvalue weighted by Crippen LogP contribution is -2.19. The number of fused-ring (bicyclic) bond motifs is 1. The Kier molecular flexibility index (Phi) is 7.42. The molecule has 2 N–H and O–H groups in total. The standard InChI is InChI=1S/C32H29N3O2/c36-32(37)28(20-30(26-16-8-3-9-17-26)34-33-21-24-12-4-1-5-13-24)29-23-35(22-25-14-6-2-7-15-25)31-19-11-10-18-27(29)31/h1-19,23,28,33H,20-22H2,(H,36,37)/b34-30-. The van der Waals surface area contributed by atoms with Crippen LogP contribution in [0.2, 0.25) is 0 Å². The molecule has 0 aliphatic carbocycles. The smallest absolute Gasteiger partial charge is 0.311 e. The van der Waals surface area contributed by atoms with Crippen molar-refractivity contribution in [1.29, 1.82) is 0 Å². The molecule has 0 radical (unpaired) electrons. The van der Waals surface area contributed by atoms with Crippen LogP contribution in [0, 0.1) is 0 Å². The van der Waals surface area contributed by atoms with E-state index in [4.69, 9.17) is 0 Å². The number of hydrogen-bond acceptors (Lipinski definition) is 3. The van der Waals surface area contributed by atoms with Crippen LogP contribution in [0.15, 0.2) is 127 Å². The lowest BCUT2D eigenvalue weighted by molar-refractivity contribution is -0.138. The summed E-state index contributed by atoms with van der Waals surface area (Å²) in [5.41, 5.74) is 8.87. The van der Waals surface area contributed by atoms with Gasteiger partial charge in [0, 0.05) is 30.1 Å². The molecule has 1 aromatic heterocycles. The molecule has 184 valence electrons. The average Bonchev–Trinajstić information content (AvgIpc) is 3.30. The molecule has 1 heterocycles. The van der Waals surface area contributed by atoms with Gasteiger partial charge in [-0.2, -0.15) is 5.10 Å². The minimum Gasteiger partial charge on any atom is -0.481 e. The van der Waals surface area contributed by atoms with E-state index in [1.165, 1.54) is 5.56 Å². The predicted molar refractivity (Wildman–Crippen MR) is 149 cm³/mol. The van der Waals surface area contributed by atoms with Gasteiger partial charge in [-0.3, -0.25) is 4.79 Å². The number of para-hydroxylation sites is 1. The van der Waals surface area contributed by atoms with Crippen LogP contribution >= 0.6 is 0 Å². The molecular weight excluding hydrogens is 458 g/mol. The SMILES string of the molecule is O=C(O)C(C/C(=N/NCc1ccccc1)c1ccccc1)c1cn(Cc2ccccc2)c2ccccc12. The Labute approximate surface area is 216 Å². The van der Waals surface area contributed by atoms with E-state index in [2.05, 4.69) is 27.2 Å². The molecule has 5 nitrogen and oxygen atoms in total. The van der Waals surface area contributed by atoms with Gasteiger partial charge in [0.05, 0.1) is 18.2 Å². The van der Waals surface area contributed by atoms with Crippen molar-refractivity contribution in [2.75, 3.05) is 0 Å². The van der Waals surface area contributed by atoms with Gasteiger partial charge in [0.25, 0.3) is 0 Å². The summed E-state index contributed by atoms with van der Waals surface area (Å²) in [6, 6.07) is 38.0. The van der Waals surface area contributed by atoms with E-state index < -0.39 is 11.9 Å². The second kappa shape index (κ2) is 11.4. The van der Waals surface area contributed by atoms with Crippen LogP contribution in [0.25, 0.3) is 10.9 Å². The molecule has 0 aliphatic rings. The highest BCUT2D eigenvalue weighted by Crippen LogP contribution is 2.32. The second-order valence-corrected chi connectivity index (χ2v) is 9.06. The summed E-state index contributed by atoms with van der Waals surface area (Å²) < 4.78 is 2.14. The third-order valence-corrected chi connectivity index (χ3v) is 6.53. The van der Waals surface area contributed by atoms with Crippen LogP contribution < -0.4 is 5.43 Å².